The lowest BCUT2D eigenvalue weighted by Gasteiger charge is -2.37. The van der Waals surface area contributed by atoms with Crippen molar-refractivity contribution in [1.82, 2.24) is 4.90 Å². The summed E-state index contributed by atoms with van der Waals surface area (Å²) < 4.78 is 10.9. The highest BCUT2D eigenvalue weighted by Gasteiger charge is 2.26. The molecule has 1 aliphatic heterocycles. The Bertz CT molecular complexity index is 887. The Morgan fingerprint density at radius 3 is 2.29 bits per heavy atom. The van der Waals surface area contributed by atoms with Gasteiger partial charge < -0.3 is 19.3 Å². The summed E-state index contributed by atoms with van der Waals surface area (Å²) >= 11 is 0. The van der Waals surface area contributed by atoms with E-state index in [-0.39, 0.29) is 12.7 Å². The van der Waals surface area contributed by atoms with Crippen molar-refractivity contribution < 1.29 is 19.1 Å². The summed E-state index contributed by atoms with van der Waals surface area (Å²) in [4.78, 5) is 30.2. The van der Waals surface area contributed by atoms with Crippen LogP contribution in [0, 0.1) is 0 Å². The van der Waals surface area contributed by atoms with Crippen LogP contribution in [-0.4, -0.2) is 55.9 Å². The molecular formula is C24H31N3O4. The third kappa shape index (κ3) is 6.38. The third-order valence-electron chi connectivity index (χ3n) is 4.99. The molecule has 166 valence electrons. The fraction of sp³-hybridized carbons (Fsp3) is 0.417. The van der Waals surface area contributed by atoms with Gasteiger partial charge in [-0.1, -0.05) is 36.4 Å². The molecule has 0 aliphatic carbocycles. The Kier molecular flexibility index (Phi) is 7.05. The lowest BCUT2D eigenvalue weighted by atomic mass is 10.2. The van der Waals surface area contributed by atoms with Crippen LogP contribution in [-0.2, 0) is 16.1 Å². The highest BCUT2D eigenvalue weighted by molar-refractivity contribution is 5.87. The maximum Gasteiger partial charge on any atom is 0.414 e. The first kappa shape index (κ1) is 22.5. The average molecular weight is 426 g/mol. The van der Waals surface area contributed by atoms with Gasteiger partial charge in [-0.25, -0.2) is 9.59 Å². The number of rotatable bonds is 4. The fourth-order valence-electron chi connectivity index (χ4n) is 3.29. The van der Waals surface area contributed by atoms with E-state index in [4.69, 9.17) is 9.47 Å². The van der Waals surface area contributed by atoms with Crippen LogP contribution in [0.5, 0.6) is 0 Å². The number of nitrogens with zero attached hydrogens (tertiary/aromatic N) is 3. The van der Waals surface area contributed by atoms with E-state index in [1.54, 1.807) is 11.9 Å². The lowest BCUT2D eigenvalue weighted by Crippen LogP contribution is -2.50. The molecular weight excluding hydrogens is 394 g/mol. The predicted octanol–water partition coefficient (Wildman–Crippen LogP) is 4.52. The van der Waals surface area contributed by atoms with Crippen molar-refractivity contribution in [1.29, 1.82) is 0 Å². The normalized spacial score (nSPS) is 14.2. The first-order valence-corrected chi connectivity index (χ1v) is 10.5. The minimum Gasteiger partial charge on any atom is -0.444 e. The van der Waals surface area contributed by atoms with Gasteiger partial charge in [0.05, 0.1) is 0 Å². The molecule has 31 heavy (non-hydrogen) atoms. The second kappa shape index (κ2) is 9.73. The summed E-state index contributed by atoms with van der Waals surface area (Å²) in [7, 11) is 1.70. The molecule has 0 saturated carbocycles. The largest absolute Gasteiger partial charge is 0.444 e. The molecule has 0 radical (unpaired) electrons. The van der Waals surface area contributed by atoms with Gasteiger partial charge in [0.15, 0.2) is 0 Å². The number of carbonyl (C=O) groups is 2. The summed E-state index contributed by atoms with van der Waals surface area (Å²) in [5, 5.41) is 0. The van der Waals surface area contributed by atoms with Gasteiger partial charge in [0.2, 0.25) is 0 Å². The fourth-order valence-corrected chi connectivity index (χ4v) is 3.29. The summed E-state index contributed by atoms with van der Waals surface area (Å²) in [6.45, 7) is 8.42. The number of anilines is 2. The summed E-state index contributed by atoms with van der Waals surface area (Å²) in [6.07, 6.45) is -0.683. The Labute approximate surface area is 184 Å². The number of hydrogen-bond donors (Lipinski definition) is 0. The summed E-state index contributed by atoms with van der Waals surface area (Å²) in [6, 6.07) is 17.4. The molecule has 0 N–H and O–H groups in total. The van der Waals surface area contributed by atoms with E-state index in [1.807, 2.05) is 75.4 Å². The van der Waals surface area contributed by atoms with E-state index >= 15 is 0 Å². The molecule has 0 aromatic heterocycles. The Hall–Kier alpha value is -3.22. The molecule has 1 heterocycles. The van der Waals surface area contributed by atoms with Crippen LogP contribution in [0.1, 0.15) is 26.3 Å². The molecule has 0 atom stereocenters. The van der Waals surface area contributed by atoms with Crippen LogP contribution in [0.3, 0.4) is 0 Å². The van der Waals surface area contributed by atoms with Crippen molar-refractivity contribution in [3.05, 3.63) is 60.2 Å². The molecule has 2 aromatic carbocycles. The molecule has 1 saturated heterocycles. The number of piperazine rings is 1. The van der Waals surface area contributed by atoms with E-state index in [0.29, 0.717) is 26.2 Å². The van der Waals surface area contributed by atoms with Gasteiger partial charge in [-0.15, -0.1) is 0 Å². The first-order valence-electron chi connectivity index (χ1n) is 10.5. The van der Waals surface area contributed by atoms with Crippen LogP contribution in [0.25, 0.3) is 0 Å². The molecule has 2 amide bonds. The second-order valence-electron chi connectivity index (χ2n) is 8.57. The highest BCUT2D eigenvalue weighted by atomic mass is 16.6. The van der Waals surface area contributed by atoms with E-state index < -0.39 is 11.7 Å². The van der Waals surface area contributed by atoms with Crippen molar-refractivity contribution in [3.63, 3.8) is 0 Å². The second-order valence-corrected chi connectivity index (χ2v) is 8.57. The summed E-state index contributed by atoms with van der Waals surface area (Å²) in [5.41, 5.74) is 2.21. The van der Waals surface area contributed by atoms with Crippen LogP contribution in [0.15, 0.2) is 54.6 Å². The molecule has 1 aliphatic rings. The van der Waals surface area contributed by atoms with Gasteiger partial charge in [0.25, 0.3) is 0 Å². The molecule has 0 unspecified atom stereocenters. The van der Waals surface area contributed by atoms with E-state index in [9.17, 15) is 9.59 Å². The molecule has 2 aromatic rings. The molecule has 7 heteroatoms. The smallest absolute Gasteiger partial charge is 0.414 e. The predicted molar refractivity (Wildman–Crippen MR) is 121 cm³/mol. The number of ether oxygens (including phenoxy) is 2. The van der Waals surface area contributed by atoms with E-state index in [0.717, 1.165) is 16.9 Å². The lowest BCUT2D eigenvalue weighted by molar-refractivity contribution is 0.0240. The van der Waals surface area contributed by atoms with Crippen molar-refractivity contribution in [3.8, 4) is 0 Å². The molecule has 0 spiro atoms. The van der Waals surface area contributed by atoms with Gasteiger partial charge in [-0.3, -0.25) is 4.90 Å². The topological polar surface area (TPSA) is 62.3 Å². The van der Waals surface area contributed by atoms with Gasteiger partial charge in [0, 0.05) is 44.6 Å². The minimum absolute atomic E-state index is 0.232. The first-order chi connectivity index (χ1) is 14.7. The van der Waals surface area contributed by atoms with Gasteiger partial charge in [-0.2, -0.15) is 0 Å². The van der Waals surface area contributed by atoms with Crippen LogP contribution >= 0.6 is 0 Å². The third-order valence-corrected chi connectivity index (χ3v) is 4.99. The van der Waals surface area contributed by atoms with Crippen LogP contribution < -0.4 is 9.80 Å². The number of benzene rings is 2. The van der Waals surface area contributed by atoms with Gasteiger partial charge in [-0.05, 0) is 44.5 Å². The zero-order chi connectivity index (χ0) is 22.4. The number of carbonyl (C=O) groups excluding carboxylic acids is 2. The minimum atomic E-state index is -0.498. The van der Waals surface area contributed by atoms with Crippen molar-refractivity contribution >= 4 is 23.6 Å². The van der Waals surface area contributed by atoms with Crippen LogP contribution in [0.2, 0.25) is 0 Å². The van der Waals surface area contributed by atoms with Gasteiger partial charge >= 0.3 is 12.2 Å². The maximum absolute atomic E-state index is 12.5. The van der Waals surface area contributed by atoms with Crippen molar-refractivity contribution in [2.45, 2.75) is 33.0 Å². The monoisotopic (exact) mass is 425 g/mol. The Morgan fingerprint density at radius 1 is 0.968 bits per heavy atom. The Balaban J connectivity index is 1.56. The highest BCUT2D eigenvalue weighted by Crippen LogP contribution is 2.24. The number of hydrogen-bond acceptors (Lipinski definition) is 5. The maximum atomic E-state index is 12.5. The van der Waals surface area contributed by atoms with E-state index in [1.165, 1.54) is 4.90 Å². The molecule has 0 bridgehead atoms. The van der Waals surface area contributed by atoms with Gasteiger partial charge in [0.1, 0.15) is 12.2 Å². The zero-order valence-corrected chi connectivity index (χ0v) is 18.7. The number of amides is 2. The van der Waals surface area contributed by atoms with Crippen LogP contribution in [0.4, 0.5) is 21.0 Å². The quantitative estimate of drug-likeness (QED) is 0.721. The average Bonchev–Trinajstić information content (AvgIpc) is 2.76. The Morgan fingerprint density at radius 2 is 1.65 bits per heavy atom. The van der Waals surface area contributed by atoms with Crippen molar-refractivity contribution in [2.75, 3.05) is 43.0 Å². The summed E-state index contributed by atoms with van der Waals surface area (Å²) in [5.74, 6) is 0. The molecule has 1 fully saturated rings. The zero-order valence-electron chi connectivity index (χ0n) is 18.7. The molecule has 3 rings (SSSR count). The molecule has 7 nitrogen and oxygen atoms in total. The van der Waals surface area contributed by atoms with Crippen molar-refractivity contribution in [2.24, 2.45) is 0 Å². The SMILES string of the molecule is CN(C(=O)OCc1ccccc1)c1cccc(N2CCN(C(=O)OC(C)(C)C)CC2)c1. The van der Waals surface area contributed by atoms with E-state index in [2.05, 4.69) is 4.90 Å². The standard InChI is InChI=1S/C24H31N3O4/c1-24(2,3)31-23(29)27-15-13-26(14-16-27)21-12-8-11-20(17-21)25(4)22(28)30-18-19-9-6-5-7-10-19/h5-12,17H,13-16,18H2,1-4H3.